The molecule has 186 valence electrons. The van der Waals surface area contributed by atoms with Gasteiger partial charge in [0.15, 0.2) is 0 Å². The number of rotatable bonds is 13. The van der Waals surface area contributed by atoms with E-state index in [1.165, 1.54) is 27.2 Å². The van der Waals surface area contributed by atoms with E-state index in [-0.39, 0.29) is 18.4 Å². The second-order valence-electron chi connectivity index (χ2n) is 9.53. The van der Waals surface area contributed by atoms with Crippen molar-refractivity contribution in [1.82, 2.24) is 10.2 Å². The predicted molar refractivity (Wildman–Crippen MR) is 133 cm³/mol. The first kappa shape index (κ1) is 24.8. The molecule has 2 aromatic rings. The molecular formula is C28H34N2O5. The van der Waals surface area contributed by atoms with Gasteiger partial charge in [-0.3, -0.25) is 9.59 Å². The number of nitrogens with one attached hydrogen (secondary N) is 1. The molecule has 0 bridgehead atoms. The van der Waals surface area contributed by atoms with Gasteiger partial charge in [-0.25, -0.2) is 4.79 Å². The highest BCUT2D eigenvalue weighted by molar-refractivity contribution is 5.81. The van der Waals surface area contributed by atoms with Crippen LogP contribution in [0.1, 0.15) is 62.0 Å². The number of carboxylic acid groups (broad SMARTS) is 1. The molecule has 1 fully saturated rings. The molecule has 2 aliphatic rings. The maximum absolute atomic E-state index is 12.3. The molecule has 7 nitrogen and oxygen atoms in total. The summed E-state index contributed by atoms with van der Waals surface area (Å²) in [5.74, 6) is -0.511. The van der Waals surface area contributed by atoms with Crippen molar-refractivity contribution in [3.05, 3.63) is 59.7 Å². The number of fused-ring (bicyclic) bond motifs is 3. The number of hydrogen-bond acceptors (Lipinski definition) is 4. The minimum absolute atomic E-state index is 0.0475. The highest BCUT2D eigenvalue weighted by Crippen LogP contribution is 2.44. The van der Waals surface area contributed by atoms with Crippen LogP contribution in [0.25, 0.3) is 11.1 Å². The van der Waals surface area contributed by atoms with Crippen molar-refractivity contribution in [2.45, 2.75) is 50.9 Å². The summed E-state index contributed by atoms with van der Waals surface area (Å²) < 4.78 is 5.55. The van der Waals surface area contributed by atoms with Gasteiger partial charge in [0.05, 0.1) is 0 Å². The van der Waals surface area contributed by atoms with Crippen molar-refractivity contribution in [3.63, 3.8) is 0 Å². The van der Waals surface area contributed by atoms with Crippen molar-refractivity contribution < 1.29 is 24.2 Å². The lowest BCUT2D eigenvalue weighted by Gasteiger charge is -2.20. The molecule has 7 heteroatoms. The summed E-state index contributed by atoms with van der Waals surface area (Å²) in [4.78, 5) is 37.1. The van der Waals surface area contributed by atoms with E-state index in [1.54, 1.807) is 0 Å². The molecule has 0 aromatic heterocycles. The molecule has 1 saturated carbocycles. The summed E-state index contributed by atoms with van der Waals surface area (Å²) in [5, 5.41) is 11.8. The fourth-order valence-electron chi connectivity index (χ4n) is 4.78. The molecule has 35 heavy (non-hydrogen) atoms. The molecular weight excluding hydrogens is 444 g/mol. The van der Waals surface area contributed by atoms with E-state index in [0.29, 0.717) is 32.0 Å². The molecule has 0 heterocycles. The van der Waals surface area contributed by atoms with E-state index >= 15 is 0 Å². The highest BCUT2D eigenvalue weighted by Gasteiger charge is 2.29. The number of nitrogens with zero attached hydrogens (tertiary/aromatic N) is 1. The second-order valence-corrected chi connectivity index (χ2v) is 9.53. The molecule has 0 atom stereocenters. The Morgan fingerprint density at radius 3 is 2.17 bits per heavy atom. The SMILES string of the molecule is O=C(O)CN(CC1CC1)C(=O)CCCCCCNC(=O)OCC1c2ccccc2-c2ccccc21. The topological polar surface area (TPSA) is 95.9 Å². The van der Waals surface area contributed by atoms with E-state index in [9.17, 15) is 14.4 Å². The van der Waals surface area contributed by atoms with Gasteiger partial charge in [0.25, 0.3) is 0 Å². The maximum atomic E-state index is 12.3. The minimum Gasteiger partial charge on any atom is -0.480 e. The number of carboxylic acids is 1. The lowest BCUT2D eigenvalue weighted by atomic mass is 9.98. The van der Waals surface area contributed by atoms with E-state index in [1.807, 2.05) is 24.3 Å². The van der Waals surface area contributed by atoms with Crippen LogP contribution in [0.4, 0.5) is 4.79 Å². The fraction of sp³-hybridized carbons (Fsp3) is 0.464. The number of carbonyl (C=O) groups is 3. The quantitative estimate of drug-likeness (QED) is 0.403. The zero-order valence-corrected chi connectivity index (χ0v) is 20.1. The van der Waals surface area contributed by atoms with Crippen molar-refractivity contribution in [1.29, 1.82) is 0 Å². The Morgan fingerprint density at radius 2 is 1.54 bits per heavy atom. The molecule has 2 aliphatic carbocycles. The molecule has 2 aromatic carbocycles. The normalized spacial score (nSPS) is 14.2. The van der Waals surface area contributed by atoms with Gasteiger partial charge in [-0.1, -0.05) is 61.4 Å². The molecule has 2 amide bonds. The molecule has 0 spiro atoms. The Balaban J connectivity index is 1.10. The number of benzene rings is 2. The van der Waals surface area contributed by atoms with Crippen LogP contribution in [0.15, 0.2) is 48.5 Å². The van der Waals surface area contributed by atoms with Crippen LogP contribution >= 0.6 is 0 Å². The average molecular weight is 479 g/mol. The summed E-state index contributed by atoms with van der Waals surface area (Å²) in [6.07, 6.45) is 5.41. The fourth-order valence-corrected chi connectivity index (χ4v) is 4.78. The van der Waals surface area contributed by atoms with Crippen LogP contribution in [0.2, 0.25) is 0 Å². The van der Waals surface area contributed by atoms with Gasteiger partial charge in [-0.2, -0.15) is 0 Å². The zero-order valence-electron chi connectivity index (χ0n) is 20.1. The van der Waals surface area contributed by atoms with Crippen LogP contribution in [0, 0.1) is 5.92 Å². The predicted octanol–water partition coefficient (Wildman–Crippen LogP) is 4.80. The molecule has 0 aliphatic heterocycles. The van der Waals surface area contributed by atoms with E-state index in [4.69, 9.17) is 9.84 Å². The number of hydrogen-bond donors (Lipinski definition) is 2. The van der Waals surface area contributed by atoms with Crippen LogP contribution in [0.5, 0.6) is 0 Å². The summed E-state index contributed by atoms with van der Waals surface area (Å²) in [6, 6.07) is 16.5. The lowest BCUT2D eigenvalue weighted by molar-refractivity contribution is -0.144. The third kappa shape index (κ3) is 6.84. The standard InChI is InChI=1S/C28H34N2O5/c31-26(30(18-27(32)33)17-20-14-15-20)13-3-1-2-8-16-29-28(34)35-19-25-23-11-6-4-9-21(23)22-10-5-7-12-24(22)25/h4-7,9-12,20,25H,1-3,8,13-19H2,(H,29,34)(H,32,33). The van der Waals surface area contributed by atoms with E-state index in [0.717, 1.165) is 38.5 Å². The van der Waals surface area contributed by atoms with Crippen LogP contribution < -0.4 is 5.32 Å². The first-order valence-electron chi connectivity index (χ1n) is 12.6. The Labute approximate surface area is 206 Å². The number of aliphatic carboxylic acids is 1. The van der Waals surface area contributed by atoms with Gasteiger partial charge in [0.1, 0.15) is 13.2 Å². The molecule has 2 N–H and O–H groups in total. The minimum atomic E-state index is -0.960. The number of amides is 2. The monoisotopic (exact) mass is 478 g/mol. The third-order valence-corrected chi connectivity index (χ3v) is 6.78. The molecule has 0 saturated heterocycles. The third-order valence-electron chi connectivity index (χ3n) is 6.78. The van der Waals surface area contributed by atoms with Gasteiger partial charge in [0, 0.05) is 25.4 Å². The first-order chi connectivity index (χ1) is 17.0. The van der Waals surface area contributed by atoms with E-state index in [2.05, 4.69) is 29.6 Å². The smallest absolute Gasteiger partial charge is 0.407 e. The van der Waals surface area contributed by atoms with Gasteiger partial charge >= 0.3 is 12.1 Å². The van der Waals surface area contributed by atoms with Gasteiger partial charge < -0.3 is 20.1 Å². The first-order valence-corrected chi connectivity index (χ1v) is 12.6. The number of alkyl carbamates (subject to hydrolysis) is 1. The highest BCUT2D eigenvalue weighted by atomic mass is 16.5. The van der Waals surface area contributed by atoms with Crippen LogP contribution in [-0.4, -0.2) is 54.2 Å². The lowest BCUT2D eigenvalue weighted by Crippen LogP contribution is -2.37. The van der Waals surface area contributed by atoms with Gasteiger partial charge in [-0.15, -0.1) is 0 Å². The average Bonchev–Trinajstić information content (AvgIpc) is 3.61. The maximum Gasteiger partial charge on any atom is 0.407 e. The van der Waals surface area contributed by atoms with Crippen LogP contribution in [-0.2, 0) is 14.3 Å². The van der Waals surface area contributed by atoms with Gasteiger partial charge in [0.2, 0.25) is 5.91 Å². The molecule has 0 radical (unpaired) electrons. The van der Waals surface area contributed by atoms with Gasteiger partial charge in [-0.05, 0) is 53.9 Å². The van der Waals surface area contributed by atoms with Crippen molar-refractivity contribution in [3.8, 4) is 11.1 Å². The summed E-state index contributed by atoms with van der Waals surface area (Å²) in [5.41, 5.74) is 4.79. The van der Waals surface area contributed by atoms with Crippen molar-refractivity contribution >= 4 is 18.0 Å². The summed E-state index contributed by atoms with van der Waals surface area (Å²) >= 11 is 0. The largest absolute Gasteiger partial charge is 0.480 e. The summed E-state index contributed by atoms with van der Waals surface area (Å²) in [6.45, 7) is 1.18. The van der Waals surface area contributed by atoms with Crippen molar-refractivity contribution in [2.24, 2.45) is 5.92 Å². The second kappa shape index (κ2) is 11.9. The Hall–Kier alpha value is -3.35. The zero-order chi connectivity index (χ0) is 24.6. The summed E-state index contributed by atoms with van der Waals surface area (Å²) in [7, 11) is 0. The Bertz CT molecular complexity index is 1000. The van der Waals surface area contributed by atoms with E-state index < -0.39 is 12.1 Å². The number of carbonyl (C=O) groups excluding carboxylic acids is 2. The number of ether oxygens (including phenoxy) is 1. The van der Waals surface area contributed by atoms with Crippen LogP contribution in [0.3, 0.4) is 0 Å². The molecule has 4 rings (SSSR count). The Kier molecular flexibility index (Phi) is 8.40. The number of unbranched alkanes of at least 4 members (excludes halogenated alkanes) is 3. The molecule has 0 unspecified atom stereocenters. The Morgan fingerprint density at radius 1 is 0.914 bits per heavy atom. The van der Waals surface area contributed by atoms with Crippen molar-refractivity contribution in [2.75, 3.05) is 26.2 Å².